The summed E-state index contributed by atoms with van der Waals surface area (Å²) in [6.45, 7) is 14.7. The molecule has 0 bridgehead atoms. The van der Waals surface area contributed by atoms with E-state index in [9.17, 15) is 0 Å². The smallest absolute Gasteiger partial charge is 0.0484 e. The third kappa shape index (κ3) is 3.44. The van der Waals surface area contributed by atoms with Crippen molar-refractivity contribution in [3.63, 3.8) is 0 Å². The van der Waals surface area contributed by atoms with Crippen molar-refractivity contribution in [2.45, 2.75) is 46.2 Å². The Morgan fingerprint density at radius 1 is 1.20 bits per heavy atom. The second-order valence-corrected chi connectivity index (χ2v) is 4.50. The Balaban J connectivity index is 0.000000531. The summed E-state index contributed by atoms with van der Waals surface area (Å²) in [6.07, 6.45) is 1.32. The molecule has 2 saturated heterocycles. The highest BCUT2D eigenvalue weighted by Crippen LogP contribution is 2.16. The van der Waals surface area contributed by atoms with Gasteiger partial charge in [0, 0.05) is 38.4 Å². The molecule has 1 N–H and O–H groups in total. The molecule has 0 aromatic carbocycles. The molecule has 15 heavy (non-hydrogen) atoms. The summed E-state index contributed by atoms with van der Waals surface area (Å²) in [5, 5.41) is 3.44. The van der Waals surface area contributed by atoms with Crippen LogP contribution < -0.4 is 5.32 Å². The number of piperazine rings is 1. The van der Waals surface area contributed by atoms with Crippen molar-refractivity contribution in [1.29, 1.82) is 0 Å². The predicted octanol–water partition coefficient (Wildman–Crippen LogP) is 1.36. The first kappa shape index (κ1) is 12.9. The highest BCUT2D eigenvalue weighted by molar-refractivity contribution is 4.85. The molecule has 1 unspecified atom stereocenters. The van der Waals surface area contributed by atoms with Gasteiger partial charge in [-0.2, -0.15) is 0 Å². The molecule has 0 aromatic heterocycles. The van der Waals surface area contributed by atoms with E-state index in [-0.39, 0.29) is 0 Å². The lowest BCUT2D eigenvalue weighted by atomic mass is 10.1. The Labute approximate surface area is 94.8 Å². The largest absolute Gasteiger partial charge is 0.304 e. The molecule has 2 heterocycles. The van der Waals surface area contributed by atoms with Crippen LogP contribution in [0.5, 0.6) is 0 Å². The molecule has 0 aromatic rings. The maximum absolute atomic E-state index is 3.44. The second-order valence-electron chi connectivity index (χ2n) is 4.50. The molecule has 90 valence electrons. The van der Waals surface area contributed by atoms with Crippen molar-refractivity contribution in [2.75, 3.05) is 32.8 Å². The molecule has 0 radical (unpaired) electrons. The van der Waals surface area contributed by atoms with Crippen LogP contribution in [0.2, 0.25) is 0 Å². The van der Waals surface area contributed by atoms with Crippen molar-refractivity contribution < 1.29 is 0 Å². The van der Waals surface area contributed by atoms with E-state index in [1.165, 1.54) is 32.6 Å². The molecule has 1 atom stereocenters. The van der Waals surface area contributed by atoms with Crippen LogP contribution in [-0.4, -0.2) is 54.7 Å². The van der Waals surface area contributed by atoms with Crippen molar-refractivity contribution >= 4 is 0 Å². The van der Waals surface area contributed by atoms with E-state index in [4.69, 9.17) is 0 Å². The maximum Gasteiger partial charge on any atom is 0.0484 e. The summed E-state index contributed by atoms with van der Waals surface area (Å²) < 4.78 is 0. The fraction of sp³-hybridized carbons (Fsp3) is 1.00. The van der Waals surface area contributed by atoms with Crippen LogP contribution in [0.3, 0.4) is 0 Å². The number of hydrogen-bond donors (Lipinski definition) is 1. The minimum absolute atomic E-state index is 0.719. The van der Waals surface area contributed by atoms with Gasteiger partial charge in [0.05, 0.1) is 0 Å². The topological polar surface area (TPSA) is 18.5 Å². The van der Waals surface area contributed by atoms with E-state index in [1.807, 2.05) is 13.8 Å². The summed E-state index contributed by atoms with van der Waals surface area (Å²) in [7, 11) is 0. The van der Waals surface area contributed by atoms with E-state index in [2.05, 4.69) is 29.0 Å². The summed E-state index contributed by atoms with van der Waals surface area (Å²) >= 11 is 0. The standard InChI is InChI=1S/C10H21N3.C2H6/c1-9(2)12-5-6-13-8-11-4-3-10(13)7-12;1-2/h9-11H,3-8H2,1-2H3;1-2H3. The molecule has 0 saturated carbocycles. The van der Waals surface area contributed by atoms with Crippen molar-refractivity contribution in [1.82, 2.24) is 15.1 Å². The molecule has 3 heteroatoms. The van der Waals surface area contributed by atoms with Crippen LogP contribution in [0.1, 0.15) is 34.1 Å². The fourth-order valence-electron chi connectivity index (χ4n) is 2.36. The van der Waals surface area contributed by atoms with Gasteiger partial charge in [-0.15, -0.1) is 0 Å². The SMILES string of the molecule is CC.CC(C)N1CCN2CNCCC2C1. The average molecular weight is 213 g/mol. The molecule has 0 aliphatic carbocycles. The monoisotopic (exact) mass is 213 g/mol. The van der Waals surface area contributed by atoms with E-state index < -0.39 is 0 Å². The van der Waals surface area contributed by atoms with Gasteiger partial charge in [0.1, 0.15) is 0 Å². The lowest BCUT2D eigenvalue weighted by molar-refractivity contribution is 0.0308. The number of nitrogens with zero attached hydrogens (tertiary/aromatic N) is 2. The fourth-order valence-corrected chi connectivity index (χ4v) is 2.36. The van der Waals surface area contributed by atoms with Crippen molar-refractivity contribution in [2.24, 2.45) is 0 Å². The number of fused-ring (bicyclic) bond motifs is 1. The van der Waals surface area contributed by atoms with Crippen LogP contribution in [-0.2, 0) is 0 Å². The van der Waals surface area contributed by atoms with Crippen LogP contribution in [0.25, 0.3) is 0 Å². The molecule has 2 aliphatic rings. The molecule has 2 rings (SSSR count). The van der Waals surface area contributed by atoms with E-state index in [1.54, 1.807) is 0 Å². The number of nitrogens with one attached hydrogen (secondary N) is 1. The highest BCUT2D eigenvalue weighted by atomic mass is 15.3. The molecule has 0 spiro atoms. The molecule has 0 amide bonds. The highest BCUT2D eigenvalue weighted by Gasteiger charge is 2.29. The van der Waals surface area contributed by atoms with Gasteiger partial charge in [-0.1, -0.05) is 13.8 Å². The Hall–Kier alpha value is -0.120. The molecule has 2 aliphatic heterocycles. The van der Waals surface area contributed by atoms with E-state index >= 15 is 0 Å². The van der Waals surface area contributed by atoms with Gasteiger partial charge >= 0.3 is 0 Å². The lowest BCUT2D eigenvalue weighted by Crippen LogP contribution is -2.60. The number of rotatable bonds is 1. The van der Waals surface area contributed by atoms with Crippen molar-refractivity contribution in [3.05, 3.63) is 0 Å². The maximum atomic E-state index is 3.44. The Kier molecular flexibility index (Phi) is 5.58. The van der Waals surface area contributed by atoms with Crippen LogP contribution in [0.15, 0.2) is 0 Å². The Morgan fingerprint density at radius 3 is 2.60 bits per heavy atom. The second kappa shape index (κ2) is 6.46. The minimum Gasteiger partial charge on any atom is -0.304 e. The van der Waals surface area contributed by atoms with E-state index in [0.29, 0.717) is 0 Å². The zero-order valence-corrected chi connectivity index (χ0v) is 10.8. The van der Waals surface area contributed by atoms with Gasteiger partial charge in [-0.05, 0) is 26.8 Å². The van der Waals surface area contributed by atoms with Gasteiger partial charge in [-0.3, -0.25) is 9.80 Å². The zero-order valence-electron chi connectivity index (χ0n) is 10.8. The quantitative estimate of drug-likeness (QED) is 0.709. The third-order valence-electron chi connectivity index (χ3n) is 3.34. The van der Waals surface area contributed by atoms with Crippen LogP contribution in [0.4, 0.5) is 0 Å². The van der Waals surface area contributed by atoms with E-state index in [0.717, 1.165) is 18.8 Å². The van der Waals surface area contributed by atoms with Crippen LogP contribution in [0, 0.1) is 0 Å². The predicted molar refractivity (Wildman–Crippen MR) is 66.0 cm³/mol. The first-order valence-electron chi connectivity index (χ1n) is 6.46. The summed E-state index contributed by atoms with van der Waals surface area (Å²) in [5.74, 6) is 0. The summed E-state index contributed by atoms with van der Waals surface area (Å²) in [5.41, 5.74) is 0. The first-order valence-corrected chi connectivity index (χ1v) is 6.46. The summed E-state index contributed by atoms with van der Waals surface area (Å²) in [4.78, 5) is 5.19. The third-order valence-corrected chi connectivity index (χ3v) is 3.34. The normalized spacial score (nSPS) is 28.2. The Bertz CT molecular complexity index is 170. The zero-order chi connectivity index (χ0) is 11.3. The first-order chi connectivity index (χ1) is 7.27. The number of hydrogen-bond acceptors (Lipinski definition) is 3. The molecule has 3 nitrogen and oxygen atoms in total. The van der Waals surface area contributed by atoms with Gasteiger partial charge in [0.25, 0.3) is 0 Å². The van der Waals surface area contributed by atoms with Crippen LogP contribution >= 0.6 is 0 Å². The average Bonchev–Trinajstić information content (AvgIpc) is 2.31. The van der Waals surface area contributed by atoms with Gasteiger partial charge < -0.3 is 5.32 Å². The Morgan fingerprint density at radius 2 is 1.93 bits per heavy atom. The van der Waals surface area contributed by atoms with Crippen molar-refractivity contribution in [3.8, 4) is 0 Å². The lowest BCUT2D eigenvalue weighted by Gasteiger charge is -2.45. The van der Waals surface area contributed by atoms with Gasteiger partial charge in [0.15, 0.2) is 0 Å². The van der Waals surface area contributed by atoms with Gasteiger partial charge in [-0.25, -0.2) is 0 Å². The molecular weight excluding hydrogens is 186 g/mol. The molecule has 2 fully saturated rings. The summed E-state index contributed by atoms with van der Waals surface area (Å²) in [6, 6.07) is 1.54. The van der Waals surface area contributed by atoms with Gasteiger partial charge in [0.2, 0.25) is 0 Å². The molecular formula is C12H27N3. The minimum atomic E-state index is 0.719.